The van der Waals surface area contributed by atoms with E-state index in [-0.39, 0.29) is 0 Å². The summed E-state index contributed by atoms with van der Waals surface area (Å²) in [5, 5.41) is 0. The molecule has 0 aliphatic heterocycles. The standard InChI is InChI=1S/C15H13BrN2/c16-12-7-8-13-14(10-12)18-15(17-13)9-6-11-4-2-1-3-5-11/h1-5,7-8,10H,6,9H2,(H,17,18). The van der Waals surface area contributed by atoms with Gasteiger partial charge in [0.05, 0.1) is 11.0 Å². The van der Waals surface area contributed by atoms with E-state index in [1.807, 2.05) is 18.2 Å². The molecule has 1 heterocycles. The monoisotopic (exact) mass is 300 g/mol. The lowest BCUT2D eigenvalue weighted by molar-refractivity contribution is 0.890. The van der Waals surface area contributed by atoms with Crippen molar-refractivity contribution in [2.75, 3.05) is 0 Å². The molecule has 3 heteroatoms. The van der Waals surface area contributed by atoms with Crippen molar-refractivity contribution in [3.8, 4) is 0 Å². The number of hydrogen-bond acceptors (Lipinski definition) is 1. The second kappa shape index (κ2) is 4.94. The van der Waals surface area contributed by atoms with Crippen molar-refractivity contribution in [2.24, 2.45) is 0 Å². The predicted octanol–water partition coefficient (Wildman–Crippen LogP) is 4.11. The first-order valence-corrected chi connectivity index (χ1v) is 6.79. The first kappa shape index (κ1) is 11.5. The smallest absolute Gasteiger partial charge is 0.107 e. The number of halogens is 1. The molecule has 0 spiro atoms. The van der Waals surface area contributed by atoms with Crippen molar-refractivity contribution < 1.29 is 0 Å². The lowest BCUT2D eigenvalue weighted by Gasteiger charge is -1.97. The molecule has 3 rings (SSSR count). The maximum absolute atomic E-state index is 4.59. The largest absolute Gasteiger partial charge is 0.342 e. The highest BCUT2D eigenvalue weighted by atomic mass is 79.9. The predicted molar refractivity (Wildman–Crippen MR) is 77.6 cm³/mol. The van der Waals surface area contributed by atoms with Crippen LogP contribution in [0.15, 0.2) is 53.0 Å². The van der Waals surface area contributed by atoms with Crippen molar-refractivity contribution in [1.82, 2.24) is 9.97 Å². The van der Waals surface area contributed by atoms with Crippen LogP contribution in [0.5, 0.6) is 0 Å². The van der Waals surface area contributed by atoms with Crippen LogP contribution in [0.1, 0.15) is 11.4 Å². The van der Waals surface area contributed by atoms with E-state index >= 15 is 0 Å². The number of fused-ring (bicyclic) bond motifs is 1. The number of rotatable bonds is 3. The molecule has 0 amide bonds. The quantitative estimate of drug-likeness (QED) is 0.775. The molecule has 0 aliphatic carbocycles. The van der Waals surface area contributed by atoms with Crippen molar-refractivity contribution in [3.05, 3.63) is 64.4 Å². The van der Waals surface area contributed by atoms with Gasteiger partial charge in [0.2, 0.25) is 0 Å². The van der Waals surface area contributed by atoms with Gasteiger partial charge in [-0.15, -0.1) is 0 Å². The van der Waals surface area contributed by atoms with E-state index in [1.165, 1.54) is 5.56 Å². The van der Waals surface area contributed by atoms with Crippen LogP contribution in [0, 0.1) is 0 Å². The van der Waals surface area contributed by atoms with Crippen LogP contribution >= 0.6 is 15.9 Å². The summed E-state index contributed by atoms with van der Waals surface area (Å²) < 4.78 is 1.08. The molecule has 3 aromatic rings. The Hall–Kier alpha value is -1.61. The van der Waals surface area contributed by atoms with Gasteiger partial charge in [-0.2, -0.15) is 0 Å². The number of benzene rings is 2. The van der Waals surface area contributed by atoms with Gasteiger partial charge in [-0.1, -0.05) is 46.3 Å². The molecule has 0 saturated heterocycles. The number of aromatic amines is 1. The van der Waals surface area contributed by atoms with Crippen LogP contribution in [-0.4, -0.2) is 9.97 Å². The molecule has 1 aromatic heterocycles. The van der Waals surface area contributed by atoms with Crippen molar-refractivity contribution in [2.45, 2.75) is 12.8 Å². The number of aryl methyl sites for hydroxylation is 2. The number of hydrogen-bond donors (Lipinski definition) is 1. The first-order valence-electron chi connectivity index (χ1n) is 5.99. The van der Waals surface area contributed by atoms with E-state index in [4.69, 9.17) is 0 Å². The second-order valence-electron chi connectivity index (χ2n) is 4.33. The molecule has 0 fully saturated rings. The molecule has 0 atom stereocenters. The molecule has 0 unspecified atom stereocenters. The Kier molecular flexibility index (Phi) is 3.15. The van der Waals surface area contributed by atoms with Gasteiger partial charge in [-0.3, -0.25) is 0 Å². The Bertz CT molecular complexity index is 659. The van der Waals surface area contributed by atoms with Gasteiger partial charge in [0.25, 0.3) is 0 Å². The van der Waals surface area contributed by atoms with E-state index in [9.17, 15) is 0 Å². The summed E-state index contributed by atoms with van der Waals surface area (Å²) in [6.45, 7) is 0. The highest BCUT2D eigenvalue weighted by molar-refractivity contribution is 9.10. The Morgan fingerprint density at radius 2 is 1.83 bits per heavy atom. The van der Waals surface area contributed by atoms with Gasteiger partial charge in [-0.25, -0.2) is 4.98 Å². The summed E-state index contributed by atoms with van der Waals surface area (Å²) in [4.78, 5) is 7.96. The van der Waals surface area contributed by atoms with E-state index in [1.54, 1.807) is 0 Å². The molecule has 2 aromatic carbocycles. The van der Waals surface area contributed by atoms with Crippen LogP contribution in [0.25, 0.3) is 11.0 Å². The fourth-order valence-corrected chi connectivity index (χ4v) is 2.42. The van der Waals surface area contributed by atoms with Crippen LogP contribution in [0.2, 0.25) is 0 Å². The molecule has 1 N–H and O–H groups in total. The van der Waals surface area contributed by atoms with E-state index in [0.717, 1.165) is 34.2 Å². The summed E-state index contributed by atoms with van der Waals surface area (Å²) in [6.07, 6.45) is 1.96. The van der Waals surface area contributed by atoms with Crippen LogP contribution in [0.3, 0.4) is 0 Å². The number of imidazole rings is 1. The molecule has 0 bridgehead atoms. The highest BCUT2D eigenvalue weighted by Crippen LogP contribution is 2.18. The molecule has 0 radical (unpaired) electrons. The minimum absolute atomic E-state index is 0.941. The number of aromatic nitrogens is 2. The van der Waals surface area contributed by atoms with Gasteiger partial charge in [0, 0.05) is 10.9 Å². The van der Waals surface area contributed by atoms with Crippen molar-refractivity contribution in [1.29, 1.82) is 0 Å². The zero-order valence-electron chi connectivity index (χ0n) is 9.86. The minimum Gasteiger partial charge on any atom is -0.342 e. The first-order chi connectivity index (χ1) is 8.81. The van der Waals surface area contributed by atoms with Crippen molar-refractivity contribution >= 4 is 27.0 Å². The Balaban J connectivity index is 1.79. The van der Waals surface area contributed by atoms with Crippen molar-refractivity contribution in [3.63, 3.8) is 0 Å². The Labute approximate surface area is 114 Å². The van der Waals surface area contributed by atoms with Crippen LogP contribution < -0.4 is 0 Å². The summed E-state index contributed by atoms with van der Waals surface area (Å²) in [7, 11) is 0. The van der Waals surface area contributed by atoms with E-state index in [0.29, 0.717) is 0 Å². The summed E-state index contributed by atoms with van der Waals surface area (Å²) in [5.74, 6) is 1.05. The Morgan fingerprint density at radius 3 is 2.67 bits per heavy atom. The zero-order valence-corrected chi connectivity index (χ0v) is 11.4. The fraction of sp³-hybridized carbons (Fsp3) is 0.133. The zero-order chi connectivity index (χ0) is 12.4. The third-order valence-electron chi connectivity index (χ3n) is 2.99. The number of H-pyrrole nitrogens is 1. The molecule has 90 valence electrons. The summed E-state index contributed by atoms with van der Waals surface area (Å²) >= 11 is 3.47. The maximum atomic E-state index is 4.59. The molecular weight excluding hydrogens is 288 g/mol. The Morgan fingerprint density at radius 1 is 1.00 bits per heavy atom. The van der Waals surface area contributed by atoms with Gasteiger partial charge in [-0.05, 0) is 30.2 Å². The average molecular weight is 301 g/mol. The lowest BCUT2D eigenvalue weighted by Crippen LogP contribution is -1.92. The topological polar surface area (TPSA) is 28.7 Å². The van der Waals surface area contributed by atoms with E-state index in [2.05, 4.69) is 56.2 Å². The number of nitrogens with one attached hydrogen (secondary N) is 1. The second-order valence-corrected chi connectivity index (χ2v) is 5.25. The van der Waals surface area contributed by atoms with Gasteiger partial charge < -0.3 is 4.98 Å². The third kappa shape index (κ3) is 2.46. The maximum Gasteiger partial charge on any atom is 0.107 e. The molecular formula is C15H13BrN2. The van der Waals surface area contributed by atoms with Gasteiger partial charge in [0.1, 0.15) is 5.82 Å². The fourth-order valence-electron chi connectivity index (χ4n) is 2.06. The SMILES string of the molecule is Brc1ccc2nc(CCc3ccccc3)[nH]c2c1. The molecule has 18 heavy (non-hydrogen) atoms. The normalized spacial score (nSPS) is 10.9. The molecule has 0 saturated carbocycles. The van der Waals surface area contributed by atoms with Crippen LogP contribution in [0.4, 0.5) is 0 Å². The van der Waals surface area contributed by atoms with Gasteiger partial charge >= 0.3 is 0 Å². The molecule has 2 nitrogen and oxygen atoms in total. The van der Waals surface area contributed by atoms with E-state index < -0.39 is 0 Å². The van der Waals surface area contributed by atoms with Crippen LogP contribution in [-0.2, 0) is 12.8 Å². The number of nitrogens with zero attached hydrogens (tertiary/aromatic N) is 1. The molecule has 0 aliphatic rings. The highest BCUT2D eigenvalue weighted by Gasteiger charge is 2.03. The third-order valence-corrected chi connectivity index (χ3v) is 3.48. The van der Waals surface area contributed by atoms with Gasteiger partial charge in [0.15, 0.2) is 0 Å². The lowest BCUT2D eigenvalue weighted by atomic mass is 10.1. The summed E-state index contributed by atoms with van der Waals surface area (Å²) in [6, 6.07) is 16.6. The summed E-state index contributed by atoms with van der Waals surface area (Å²) in [5.41, 5.74) is 3.47. The average Bonchev–Trinajstić information content (AvgIpc) is 2.79. The minimum atomic E-state index is 0.941.